The first kappa shape index (κ1) is 14.3. The normalized spacial score (nSPS) is 10.5. The molecule has 1 aromatic carbocycles. The average Bonchev–Trinajstić information content (AvgIpc) is 2.99. The van der Waals surface area contributed by atoms with Gasteiger partial charge in [-0.1, -0.05) is 12.1 Å². The Morgan fingerprint density at radius 3 is 2.86 bits per heavy atom. The van der Waals surface area contributed by atoms with E-state index >= 15 is 0 Å². The number of aromatic hydroxyl groups is 1. The maximum atomic E-state index is 11.5. The number of hydrogen-bond acceptors (Lipinski definition) is 5. The number of carbonyl (C=O) groups excluding carboxylic acids is 2. The summed E-state index contributed by atoms with van der Waals surface area (Å²) in [7, 11) is 0. The number of rotatable bonds is 5. The van der Waals surface area contributed by atoms with Crippen LogP contribution < -0.4 is 10.7 Å². The van der Waals surface area contributed by atoms with Crippen molar-refractivity contribution in [1.82, 2.24) is 10.7 Å². The van der Waals surface area contributed by atoms with Crippen molar-refractivity contribution < 1.29 is 19.1 Å². The molecule has 0 saturated heterocycles. The summed E-state index contributed by atoms with van der Waals surface area (Å²) in [6.45, 7) is -0.225. The van der Waals surface area contributed by atoms with Gasteiger partial charge in [0.05, 0.1) is 19.0 Å². The van der Waals surface area contributed by atoms with Crippen LogP contribution in [0.25, 0.3) is 0 Å². The van der Waals surface area contributed by atoms with E-state index in [0.717, 1.165) is 0 Å². The van der Waals surface area contributed by atoms with E-state index in [1.807, 2.05) is 0 Å². The third-order valence-corrected chi connectivity index (χ3v) is 2.43. The lowest BCUT2D eigenvalue weighted by Gasteiger charge is -2.01. The Kier molecular flexibility index (Phi) is 4.70. The number of carbonyl (C=O) groups is 2. The van der Waals surface area contributed by atoms with Crippen LogP contribution in [0.4, 0.5) is 0 Å². The van der Waals surface area contributed by atoms with Gasteiger partial charge in [0.25, 0.3) is 11.8 Å². The van der Waals surface area contributed by atoms with Gasteiger partial charge in [-0.05, 0) is 29.8 Å². The first-order valence-electron chi connectivity index (χ1n) is 6.08. The maximum Gasteiger partial charge on any atom is 0.287 e. The number of phenols is 1. The third-order valence-electron chi connectivity index (χ3n) is 2.43. The van der Waals surface area contributed by atoms with E-state index in [2.05, 4.69) is 15.8 Å². The van der Waals surface area contributed by atoms with Crippen LogP contribution in [0.5, 0.6) is 5.75 Å². The van der Waals surface area contributed by atoms with E-state index in [-0.39, 0.29) is 18.1 Å². The van der Waals surface area contributed by atoms with Gasteiger partial charge in [0, 0.05) is 0 Å². The zero-order valence-corrected chi connectivity index (χ0v) is 10.9. The molecule has 0 saturated carbocycles. The first-order valence-corrected chi connectivity index (χ1v) is 6.08. The number of nitrogens with zero attached hydrogens (tertiary/aromatic N) is 1. The predicted octanol–water partition coefficient (Wildman–Crippen LogP) is 0.865. The summed E-state index contributed by atoms with van der Waals surface area (Å²) in [6, 6.07) is 9.46. The van der Waals surface area contributed by atoms with Crippen molar-refractivity contribution in [2.24, 2.45) is 5.10 Å². The second-order valence-electron chi connectivity index (χ2n) is 4.05. The largest absolute Gasteiger partial charge is 0.508 e. The van der Waals surface area contributed by atoms with Gasteiger partial charge in [0.2, 0.25) is 0 Å². The predicted molar refractivity (Wildman–Crippen MR) is 74.9 cm³/mol. The number of phenolic OH excluding ortho intramolecular Hbond substituents is 1. The fraction of sp³-hybridized carbons (Fsp3) is 0.0714. The van der Waals surface area contributed by atoms with Gasteiger partial charge in [-0.3, -0.25) is 9.59 Å². The van der Waals surface area contributed by atoms with Gasteiger partial charge < -0.3 is 14.8 Å². The van der Waals surface area contributed by atoms with E-state index in [4.69, 9.17) is 4.42 Å². The Bertz CT molecular complexity index is 650. The molecule has 0 aliphatic carbocycles. The van der Waals surface area contributed by atoms with Crippen molar-refractivity contribution in [3.63, 3.8) is 0 Å². The van der Waals surface area contributed by atoms with Gasteiger partial charge in [-0.25, -0.2) is 5.43 Å². The molecule has 108 valence electrons. The Labute approximate surface area is 120 Å². The molecule has 0 radical (unpaired) electrons. The Morgan fingerprint density at radius 1 is 1.29 bits per heavy atom. The molecule has 0 bridgehead atoms. The number of furan rings is 1. The summed E-state index contributed by atoms with van der Waals surface area (Å²) in [5, 5.41) is 15.3. The molecule has 0 aliphatic rings. The molecule has 0 aliphatic heterocycles. The van der Waals surface area contributed by atoms with Crippen molar-refractivity contribution in [3.05, 3.63) is 54.0 Å². The van der Waals surface area contributed by atoms with Crippen LogP contribution in [0.2, 0.25) is 0 Å². The summed E-state index contributed by atoms with van der Waals surface area (Å²) < 4.78 is 4.88. The monoisotopic (exact) mass is 287 g/mol. The standard InChI is InChI=1S/C14H13N3O4/c18-11-4-1-3-10(7-11)8-16-17-13(19)9-15-14(20)12-5-2-6-21-12/h1-8,18H,9H2,(H,15,20)(H,17,19). The molecule has 7 nitrogen and oxygen atoms in total. The van der Waals surface area contributed by atoms with Gasteiger partial charge in [-0.15, -0.1) is 0 Å². The van der Waals surface area contributed by atoms with Crippen LogP contribution in [0, 0.1) is 0 Å². The first-order chi connectivity index (χ1) is 10.1. The van der Waals surface area contributed by atoms with Crippen molar-refractivity contribution in [2.45, 2.75) is 0 Å². The Hall–Kier alpha value is -3.09. The highest BCUT2D eigenvalue weighted by Crippen LogP contribution is 2.08. The molecule has 2 aromatic rings. The van der Waals surface area contributed by atoms with E-state index in [1.165, 1.54) is 30.7 Å². The lowest BCUT2D eigenvalue weighted by molar-refractivity contribution is -0.120. The molecule has 0 fully saturated rings. The van der Waals surface area contributed by atoms with E-state index < -0.39 is 11.8 Å². The highest BCUT2D eigenvalue weighted by Gasteiger charge is 2.09. The maximum absolute atomic E-state index is 11.5. The highest BCUT2D eigenvalue weighted by molar-refractivity contribution is 5.94. The highest BCUT2D eigenvalue weighted by atomic mass is 16.3. The SMILES string of the molecule is O=C(CNC(=O)c1ccco1)NN=Cc1cccc(O)c1. The smallest absolute Gasteiger partial charge is 0.287 e. The topological polar surface area (TPSA) is 104 Å². The molecule has 0 unspecified atom stereocenters. The molecule has 21 heavy (non-hydrogen) atoms. The van der Waals surface area contributed by atoms with Crippen LogP contribution in [-0.2, 0) is 4.79 Å². The lowest BCUT2D eigenvalue weighted by atomic mass is 10.2. The molecule has 3 N–H and O–H groups in total. The molecule has 1 aromatic heterocycles. The number of hydrazone groups is 1. The minimum Gasteiger partial charge on any atom is -0.508 e. The molecular weight excluding hydrogens is 274 g/mol. The number of nitrogens with one attached hydrogen (secondary N) is 2. The molecule has 0 spiro atoms. The zero-order valence-electron chi connectivity index (χ0n) is 10.9. The van der Waals surface area contributed by atoms with Crippen LogP contribution >= 0.6 is 0 Å². The van der Waals surface area contributed by atoms with E-state index in [9.17, 15) is 14.7 Å². The van der Waals surface area contributed by atoms with E-state index in [1.54, 1.807) is 18.2 Å². The Morgan fingerprint density at radius 2 is 2.14 bits per heavy atom. The van der Waals surface area contributed by atoms with Gasteiger partial charge in [-0.2, -0.15) is 5.10 Å². The Balaban J connectivity index is 1.76. The summed E-state index contributed by atoms with van der Waals surface area (Å²) in [6.07, 6.45) is 2.75. The fourth-order valence-electron chi connectivity index (χ4n) is 1.48. The third kappa shape index (κ3) is 4.50. The summed E-state index contributed by atoms with van der Waals surface area (Å²) in [5.41, 5.74) is 2.89. The summed E-state index contributed by atoms with van der Waals surface area (Å²) in [5.74, 6) is -0.722. The molecule has 1 heterocycles. The number of benzene rings is 1. The van der Waals surface area contributed by atoms with Crippen molar-refractivity contribution >= 4 is 18.0 Å². The quantitative estimate of drug-likeness (QED) is 0.560. The average molecular weight is 287 g/mol. The zero-order chi connectivity index (χ0) is 15.1. The molecule has 2 rings (SSSR count). The molecule has 2 amide bonds. The van der Waals surface area contributed by atoms with Crippen LogP contribution in [0.1, 0.15) is 16.1 Å². The number of hydrogen-bond donors (Lipinski definition) is 3. The van der Waals surface area contributed by atoms with Gasteiger partial charge in [0.15, 0.2) is 5.76 Å². The van der Waals surface area contributed by atoms with Crippen LogP contribution in [0.15, 0.2) is 52.2 Å². The van der Waals surface area contributed by atoms with Crippen molar-refractivity contribution in [3.8, 4) is 5.75 Å². The number of amides is 2. The fourth-order valence-corrected chi connectivity index (χ4v) is 1.48. The van der Waals surface area contributed by atoms with Crippen molar-refractivity contribution in [1.29, 1.82) is 0 Å². The minimum atomic E-state index is -0.480. The van der Waals surface area contributed by atoms with Gasteiger partial charge >= 0.3 is 0 Å². The summed E-state index contributed by atoms with van der Waals surface area (Å²) in [4.78, 5) is 22.9. The van der Waals surface area contributed by atoms with Gasteiger partial charge in [0.1, 0.15) is 5.75 Å². The molecular formula is C14H13N3O4. The second kappa shape index (κ2) is 6.90. The molecule has 7 heteroatoms. The van der Waals surface area contributed by atoms with E-state index in [0.29, 0.717) is 5.56 Å². The molecule has 0 atom stereocenters. The summed E-state index contributed by atoms with van der Waals surface area (Å²) >= 11 is 0. The second-order valence-corrected chi connectivity index (χ2v) is 4.05. The van der Waals surface area contributed by atoms with Crippen molar-refractivity contribution in [2.75, 3.05) is 6.54 Å². The lowest BCUT2D eigenvalue weighted by Crippen LogP contribution is -2.34. The van der Waals surface area contributed by atoms with Crippen LogP contribution in [0.3, 0.4) is 0 Å². The minimum absolute atomic E-state index is 0.107. The van der Waals surface area contributed by atoms with Crippen LogP contribution in [-0.4, -0.2) is 29.7 Å².